The third kappa shape index (κ3) is 3.81. The topological polar surface area (TPSA) is 29.4 Å². The highest BCUT2D eigenvalue weighted by atomic mass is 16.1. The normalized spacial score (nSPS) is 13.5. The Bertz CT molecular complexity index is 381. The van der Waals surface area contributed by atoms with Crippen LogP contribution in [0, 0.1) is 5.92 Å². The Kier molecular flexibility index (Phi) is 5.61. The summed E-state index contributed by atoms with van der Waals surface area (Å²) in [5, 5.41) is 0. The van der Waals surface area contributed by atoms with E-state index in [9.17, 15) is 4.79 Å². The van der Waals surface area contributed by atoms with E-state index in [-0.39, 0.29) is 5.92 Å². The molecule has 0 heterocycles. The van der Waals surface area contributed by atoms with Crippen molar-refractivity contribution in [3.05, 3.63) is 30.3 Å². The number of benzene rings is 1. The quantitative estimate of drug-likeness (QED) is 0.675. The molecule has 0 aliphatic carbocycles. The number of rotatable bonds is 6. The lowest BCUT2D eigenvalue weighted by Crippen LogP contribution is -2.22. The monoisotopic (exact) mass is 231 g/mol. The Morgan fingerprint density at radius 1 is 1.12 bits per heavy atom. The van der Waals surface area contributed by atoms with Crippen molar-refractivity contribution in [1.29, 1.82) is 0 Å². The average Bonchev–Trinajstić information content (AvgIpc) is 2.39. The Hall–Kier alpha value is -1.44. The number of ketones is 1. The standard InChI is InChI=1S/C15H21NO/c1-4-13(15(17)6-3)14(5-2)16-12-10-8-7-9-11-12/h7-11,13H,4-6H2,1-3H3. The van der Waals surface area contributed by atoms with Crippen LogP contribution in [0.1, 0.15) is 40.0 Å². The number of Topliss-reactive ketones (excluding diaryl/α,β-unsaturated/α-hetero) is 1. The van der Waals surface area contributed by atoms with Crippen molar-refractivity contribution < 1.29 is 4.79 Å². The van der Waals surface area contributed by atoms with Gasteiger partial charge < -0.3 is 0 Å². The first-order valence-corrected chi connectivity index (χ1v) is 6.38. The van der Waals surface area contributed by atoms with E-state index >= 15 is 0 Å². The molecule has 1 rings (SSSR count). The highest BCUT2D eigenvalue weighted by molar-refractivity contribution is 6.05. The van der Waals surface area contributed by atoms with Gasteiger partial charge >= 0.3 is 0 Å². The molecule has 0 amide bonds. The summed E-state index contributed by atoms with van der Waals surface area (Å²) in [6.45, 7) is 6.03. The van der Waals surface area contributed by atoms with Crippen molar-refractivity contribution in [1.82, 2.24) is 0 Å². The Morgan fingerprint density at radius 3 is 2.24 bits per heavy atom. The average molecular weight is 231 g/mol. The largest absolute Gasteiger partial charge is 0.299 e. The van der Waals surface area contributed by atoms with Crippen LogP contribution in [0.5, 0.6) is 0 Å². The molecule has 1 aromatic carbocycles. The Labute approximate surface area is 104 Å². The number of para-hydroxylation sites is 1. The van der Waals surface area contributed by atoms with Gasteiger partial charge in [-0.05, 0) is 25.0 Å². The van der Waals surface area contributed by atoms with E-state index < -0.39 is 0 Å². The van der Waals surface area contributed by atoms with Crippen LogP contribution in [0.3, 0.4) is 0 Å². The Morgan fingerprint density at radius 2 is 1.76 bits per heavy atom. The molecule has 17 heavy (non-hydrogen) atoms. The second kappa shape index (κ2) is 7.00. The fourth-order valence-electron chi connectivity index (χ4n) is 1.97. The van der Waals surface area contributed by atoms with Gasteiger partial charge in [0.25, 0.3) is 0 Å². The van der Waals surface area contributed by atoms with Gasteiger partial charge in [0.1, 0.15) is 5.78 Å². The fraction of sp³-hybridized carbons (Fsp3) is 0.467. The predicted molar refractivity (Wildman–Crippen MR) is 72.9 cm³/mol. The molecule has 0 saturated heterocycles. The zero-order valence-electron chi connectivity index (χ0n) is 10.9. The van der Waals surface area contributed by atoms with Crippen LogP contribution in [0.2, 0.25) is 0 Å². The van der Waals surface area contributed by atoms with Crippen LogP contribution >= 0.6 is 0 Å². The van der Waals surface area contributed by atoms with Crippen molar-refractivity contribution in [2.75, 3.05) is 0 Å². The van der Waals surface area contributed by atoms with Gasteiger partial charge in [-0.3, -0.25) is 9.79 Å². The first kappa shape index (κ1) is 13.6. The van der Waals surface area contributed by atoms with Crippen LogP contribution < -0.4 is 0 Å². The Balaban J connectivity index is 2.97. The van der Waals surface area contributed by atoms with Gasteiger partial charge in [0.2, 0.25) is 0 Å². The SMILES string of the molecule is CCC(=O)C(CC)C(CC)=Nc1ccccc1. The molecule has 2 nitrogen and oxygen atoms in total. The maximum Gasteiger partial charge on any atom is 0.141 e. The first-order valence-electron chi connectivity index (χ1n) is 6.38. The maximum absolute atomic E-state index is 11.9. The molecule has 0 bridgehead atoms. The van der Waals surface area contributed by atoms with Crippen molar-refractivity contribution in [2.24, 2.45) is 10.9 Å². The van der Waals surface area contributed by atoms with E-state index in [2.05, 4.69) is 18.8 Å². The molecule has 0 aliphatic rings. The summed E-state index contributed by atoms with van der Waals surface area (Å²) in [6, 6.07) is 9.85. The number of hydrogen-bond donors (Lipinski definition) is 0. The predicted octanol–water partition coefficient (Wildman–Crippen LogP) is 4.17. The molecule has 92 valence electrons. The van der Waals surface area contributed by atoms with Crippen molar-refractivity contribution in [3.63, 3.8) is 0 Å². The second-order valence-corrected chi connectivity index (χ2v) is 4.07. The molecule has 1 atom stereocenters. The highest BCUT2D eigenvalue weighted by Gasteiger charge is 2.19. The molecule has 0 saturated carbocycles. The van der Waals surface area contributed by atoms with E-state index in [1.54, 1.807) is 0 Å². The number of carbonyl (C=O) groups excluding carboxylic acids is 1. The second-order valence-electron chi connectivity index (χ2n) is 4.07. The smallest absolute Gasteiger partial charge is 0.141 e. The van der Waals surface area contributed by atoms with Crippen LogP contribution in [-0.2, 0) is 4.79 Å². The number of aliphatic imine (C=N–C) groups is 1. The minimum atomic E-state index is -0.00907. The van der Waals surface area contributed by atoms with Gasteiger partial charge in [-0.1, -0.05) is 39.0 Å². The third-order valence-corrected chi connectivity index (χ3v) is 2.94. The molecule has 0 aliphatic heterocycles. The lowest BCUT2D eigenvalue weighted by Gasteiger charge is -2.14. The molecule has 0 fully saturated rings. The van der Waals surface area contributed by atoms with Crippen LogP contribution in [0.25, 0.3) is 0 Å². The number of hydrogen-bond acceptors (Lipinski definition) is 2. The molecule has 0 spiro atoms. The molecule has 0 N–H and O–H groups in total. The summed E-state index contributed by atoms with van der Waals surface area (Å²) in [5.74, 6) is 0.286. The lowest BCUT2D eigenvalue weighted by molar-refractivity contribution is -0.120. The van der Waals surface area contributed by atoms with Gasteiger partial charge in [-0.2, -0.15) is 0 Å². The van der Waals surface area contributed by atoms with Gasteiger partial charge in [0.05, 0.1) is 11.6 Å². The van der Waals surface area contributed by atoms with E-state index in [4.69, 9.17) is 0 Å². The van der Waals surface area contributed by atoms with E-state index in [0.29, 0.717) is 12.2 Å². The molecular formula is C15H21NO. The van der Waals surface area contributed by atoms with Gasteiger partial charge in [-0.15, -0.1) is 0 Å². The van der Waals surface area contributed by atoms with Crippen LogP contribution in [-0.4, -0.2) is 11.5 Å². The highest BCUT2D eigenvalue weighted by Crippen LogP contribution is 2.18. The maximum atomic E-state index is 11.9. The third-order valence-electron chi connectivity index (χ3n) is 2.94. The van der Waals surface area contributed by atoms with Gasteiger partial charge in [0, 0.05) is 12.1 Å². The van der Waals surface area contributed by atoms with E-state index in [1.165, 1.54) is 0 Å². The van der Waals surface area contributed by atoms with Crippen molar-refractivity contribution in [3.8, 4) is 0 Å². The molecule has 1 unspecified atom stereocenters. The number of nitrogens with zero attached hydrogens (tertiary/aromatic N) is 1. The molecule has 1 aromatic rings. The van der Waals surface area contributed by atoms with Crippen LogP contribution in [0.15, 0.2) is 35.3 Å². The van der Waals surface area contributed by atoms with E-state index in [0.717, 1.165) is 24.2 Å². The summed E-state index contributed by atoms with van der Waals surface area (Å²) >= 11 is 0. The minimum Gasteiger partial charge on any atom is -0.299 e. The minimum absolute atomic E-state index is 0.00907. The summed E-state index contributed by atoms with van der Waals surface area (Å²) in [7, 11) is 0. The van der Waals surface area contributed by atoms with Gasteiger partial charge in [-0.25, -0.2) is 0 Å². The summed E-state index contributed by atoms with van der Waals surface area (Å²) < 4.78 is 0. The zero-order chi connectivity index (χ0) is 12.7. The van der Waals surface area contributed by atoms with Crippen molar-refractivity contribution in [2.45, 2.75) is 40.0 Å². The molecule has 0 radical (unpaired) electrons. The first-order chi connectivity index (χ1) is 8.22. The zero-order valence-corrected chi connectivity index (χ0v) is 10.9. The van der Waals surface area contributed by atoms with Gasteiger partial charge in [0.15, 0.2) is 0 Å². The fourth-order valence-corrected chi connectivity index (χ4v) is 1.97. The molecule has 0 aromatic heterocycles. The lowest BCUT2D eigenvalue weighted by atomic mass is 9.92. The van der Waals surface area contributed by atoms with Crippen molar-refractivity contribution >= 4 is 17.2 Å². The summed E-state index contributed by atoms with van der Waals surface area (Å²) in [5.41, 5.74) is 1.94. The molecular weight excluding hydrogens is 210 g/mol. The van der Waals surface area contributed by atoms with Crippen LogP contribution in [0.4, 0.5) is 5.69 Å². The number of carbonyl (C=O) groups is 1. The molecule has 2 heteroatoms. The summed E-state index contributed by atoms with van der Waals surface area (Å²) in [4.78, 5) is 16.5. The summed E-state index contributed by atoms with van der Waals surface area (Å²) in [6.07, 6.45) is 2.26. The van der Waals surface area contributed by atoms with E-state index in [1.807, 2.05) is 37.3 Å².